The van der Waals surface area contributed by atoms with Crippen LogP contribution in [0, 0.1) is 13.5 Å². The number of esters is 1. The van der Waals surface area contributed by atoms with E-state index >= 15 is 0 Å². The highest BCUT2D eigenvalue weighted by Crippen LogP contribution is 2.37. The van der Waals surface area contributed by atoms with Crippen LogP contribution in [-0.4, -0.2) is 18.1 Å². The van der Waals surface area contributed by atoms with Crippen LogP contribution in [0.3, 0.4) is 0 Å². The van der Waals surface area contributed by atoms with Crippen molar-refractivity contribution >= 4 is 27.6 Å². The summed E-state index contributed by atoms with van der Waals surface area (Å²) in [5.74, 6) is -0.479. The van der Waals surface area contributed by atoms with Crippen molar-refractivity contribution in [3.63, 3.8) is 0 Å². The van der Waals surface area contributed by atoms with Gasteiger partial charge in [0.25, 0.3) is 5.69 Å². The zero-order chi connectivity index (χ0) is 16.1. The van der Waals surface area contributed by atoms with Crippen molar-refractivity contribution in [2.45, 2.75) is 13.5 Å². The molecule has 0 fully saturated rings. The van der Waals surface area contributed by atoms with E-state index in [1.165, 1.54) is 7.11 Å². The number of aryl methyl sites for hydroxylation is 1. The number of rotatable bonds is 4. The van der Waals surface area contributed by atoms with Gasteiger partial charge in [0, 0.05) is 4.47 Å². The van der Waals surface area contributed by atoms with Crippen LogP contribution in [0.4, 0.5) is 5.69 Å². The predicted molar refractivity (Wildman–Crippen MR) is 85.0 cm³/mol. The second-order valence-corrected chi connectivity index (χ2v) is 5.21. The lowest BCUT2D eigenvalue weighted by Gasteiger charge is -2.13. The molecule has 0 bridgehead atoms. The van der Waals surface area contributed by atoms with Gasteiger partial charge in [-0.05, 0) is 28.4 Å². The van der Waals surface area contributed by atoms with Gasteiger partial charge in [-0.3, -0.25) is 0 Å². The minimum absolute atomic E-state index is 0.0419. The lowest BCUT2D eigenvalue weighted by molar-refractivity contribution is 0.0600. The molecule has 22 heavy (non-hydrogen) atoms. The van der Waals surface area contributed by atoms with Crippen molar-refractivity contribution < 1.29 is 14.3 Å². The van der Waals surface area contributed by atoms with Crippen LogP contribution in [0.2, 0.25) is 0 Å². The van der Waals surface area contributed by atoms with Crippen molar-refractivity contribution in [1.29, 1.82) is 0 Å². The maximum Gasteiger partial charge on any atom is 0.328 e. The molecule has 6 heteroatoms. The van der Waals surface area contributed by atoms with Crippen LogP contribution >= 0.6 is 15.9 Å². The summed E-state index contributed by atoms with van der Waals surface area (Å²) in [7, 11) is 1.27. The molecule has 0 N–H and O–H groups in total. The highest BCUT2D eigenvalue weighted by Gasteiger charge is 2.24. The molecule has 0 radical (unpaired) electrons. The summed E-state index contributed by atoms with van der Waals surface area (Å²) in [4.78, 5) is 19.5. The second kappa shape index (κ2) is 7.05. The number of hydrogen-bond acceptors (Lipinski definition) is 4. The summed E-state index contributed by atoms with van der Waals surface area (Å²) in [5, 5.41) is 0. The maximum atomic E-state index is 11.9. The van der Waals surface area contributed by atoms with Gasteiger partial charge in [-0.15, -0.1) is 0 Å². The van der Waals surface area contributed by atoms with Gasteiger partial charge in [-0.2, -0.15) is 0 Å². The third-order valence-electron chi connectivity index (χ3n) is 2.97. The Morgan fingerprint density at radius 1 is 1.36 bits per heavy atom. The molecule has 0 aliphatic rings. The van der Waals surface area contributed by atoms with Gasteiger partial charge in [0.1, 0.15) is 6.61 Å². The van der Waals surface area contributed by atoms with Crippen LogP contribution in [-0.2, 0) is 11.3 Å². The minimum Gasteiger partial charge on any atom is -0.481 e. The number of carbonyl (C=O) groups is 1. The molecule has 0 aliphatic heterocycles. The van der Waals surface area contributed by atoms with Crippen LogP contribution in [0.25, 0.3) is 4.85 Å². The Morgan fingerprint density at radius 3 is 2.64 bits per heavy atom. The number of methoxy groups -OCH3 is 1. The first-order valence-electron chi connectivity index (χ1n) is 6.41. The number of pyridine rings is 1. The van der Waals surface area contributed by atoms with Crippen molar-refractivity contribution in [1.82, 2.24) is 4.98 Å². The average Bonchev–Trinajstić information content (AvgIpc) is 2.55. The molecule has 2 rings (SSSR count). The molecular weight excluding hydrogens is 348 g/mol. The third-order valence-corrected chi connectivity index (χ3v) is 3.94. The quantitative estimate of drug-likeness (QED) is 0.609. The number of carbonyl (C=O) groups excluding carboxylic acids is 1. The first kappa shape index (κ1) is 16.0. The summed E-state index contributed by atoms with van der Waals surface area (Å²) in [5.41, 5.74) is 1.67. The summed E-state index contributed by atoms with van der Waals surface area (Å²) in [6.07, 6.45) is 0. The van der Waals surface area contributed by atoms with Gasteiger partial charge in [0.15, 0.2) is 0 Å². The lowest BCUT2D eigenvalue weighted by atomic mass is 10.2. The van der Waals surface area contributed by atoms with Crippen molar-refractivity contribution in [2.75, 3.05) is 7.11 Å². The fraction of sp³-hybridized carbons (Fsp3) is 0.188. The van der Waals surface area contributed by atoms with E-state index in [1.807, 2.05) is 30.3 Å². The van der Waals surface area contributed by atoms with Gasteiger partial charge in [-0.25, -0.2) is 14.6 Å². The van der Waals surface area contributed by atoms with Crippen molar-refractivity contribution in [3.05, 3.63) is 63.0 Å². The molecule has 112 valence electrons. The zero-order valence-corrected chi connectivity index (χ0v) is 13.7. The van der Waals surface area contributed by atoms with Crippen LogP contribution < -0.4 is 4.74 Å². The number of halogens is 1. The summed E-state index contributed by atoms with van der Waals surface area (Å²) in [6, 6.07) is 9.52. The Kier molecular flexibility index (Phi) is 5.12. The van der Waals surface area contributed by atoms with E-state index in [0.717, 1.165) is 5.56 Å². The van der Waals surface area contributed by atoms with Gasteiger partial charge >= 0.3 is 5.97 Å². The highest BCUT2D eigenvalue weighted by molar-refractivity contribution is 9.10. The molecule has 1 aromatic heterocycles. The van der Waals surface area contributed by atoms with Gasteiger partial charge in [-0.1, -0.05) is 30.3 Å². The van der Waals surface area contributed by atoms with Crippen molar-refractivity contribution in [3.8, 4) is 5.88 Å². The number of nitrogens with zero attached hydrogens (tertiary/aromatic N) is 2. The molecule has 1 heterocycles. The number of hydrogen-bond donors (Lipinski definition) is 0. The Labute approximate surface area is 136 Å². The summed E-state index contributed by atoms with van der Waals surface area (Å²) < 4.78 is 10.8. The van der Waals surface area contributed by atoms with Crippen molar-refractivity contribution in [2.24, 2.45) is 0 Å². The molecule has 0 atom stereocenters. The molecule has 0 spiro atoms. The first-order valence-corrected chi connectivity index (χ1v) is 7.20. The Hall–Kier alpha value is -2.39. The normalized spacial score (nSPS) is 9.91. The molecule has 0 saturated carbocycles. The van der Waals surface area contributed by atoms with Gasteiger partial charge in [0.05, 0.1) is 24.9 Å². The molecule has 2 aromatic rings. The van der Waals surface area contributed by atoms with Gasteiger partial charge < -0.3 is 9.47 Å². The molecular formula is C16H13BrN2O3. The topological polar surface area (TPSA) is 52.8 Å². The fourth-order valence-electron chi connectivity index (χ4n) is 1.86. The van der Waals surface area contributed by atoms with E-state index in [9.17, 15) is 4.79 Å². The largest absolute Gasteiger partial charge is 0.481 e. The third kappa shape index (κ3) is 3.26. The van der Waals surface area contributed by atoms with Gasteiger partial charge in [0.2, 0.25) is 5.88 Å². The summed E-state index contributed by atoms with van der Waals surface area (Å²) >= 11 is 3.28. The average molecular weight is 361 g/mol. The smallest absolute Gasteiger partial charge is 0.328 e. The molecule has 0 saturated heterocycles. The zero-order valence-electron chi connectivity index (χ0n) is 12.1. The van der Waals surface area contributed by atoms with E-state index in [1.54, 1.807) is 6.92 Å². The SMILES string of the molecule is [C-]#[N+]c1c(OCc2ccccc2)nc(C)c(Br)c1C(=O)OC. The Balaban J connectivity index is 2.41. The maximum absolute atomic E-state index is 11.9. The predicted octanol–water partition coefficient (Wildman–Crippen LogP) is 4.07. The van der Waals surface area contributed by atoms with Crippen LogP contribution in [0.15, 0.2) is 34.8 Å². The molecule has 0 aliphatic carbocycles. The van der Waals surface area contributed by atoms with Crippen LogP contribution in [0.1, 0.15) is 21.6 Å². The van der Waals surface area contributed by atoms with E-state index < -0.39 is 5.97 Å². The Morgan fingerprint density at radius 2 is 2.05 bits per heavy atom. The van der Waals surface area contributed by atoms with E-state index in [-0.39, 0.29) is 23.7 Å². The van der Waals surface area contributed by atoms with E-state index in [2.05, 4.69) is 25.8 Å². The molecule has 0 amide bonds. The number of ether oxygens (including phenoxy) is 2. The fourth-order valence-corrected chi connectivity index (χ4v) is 2.30. The summed E-state index contributed by atoms with van der Waals surface area (Å²) in [6.45, 7) is 9.30. The standard InChI is InChI=1S/C16H13BrN2O3/c1-10-13(17)12(16(20)21-3)14(18-2)15(19-10)22-9-11-7-5-4-6-8-11/h4-8H,9H2,1,3H3. The number of aromatic nitrogens is 1. The molecule has 5 nitrogen and oxygen atoms in total. The minimum atomic E-state index is -0.604. The molecule has 0 unspecified atom stereocenters. The van der Waals surface area contributed by atoms with E-state index in [4.69, 9.17) is 16.0 Å². The van der Waals surface area contributed by atoms with Crippen LogP contribution in [0.5, 0.6) is 5.88 Å². The number of benzene rings is 1. The van der Waals surface area contributed by atoms with E-state index in [0.29, 0.717) is 10.2 Å². The second-order valence-electron chi connectivity index (χ2n) is 4.42. The highest BCUT2D eigenvalue weighted by atomic mass is 79.9. The molecule has 1 aromatic carbocycles. The Bertz CT molecular complexity index is 739. The first-order chi connectivity index (χ1) is 10.6. The lowest BCUT2D eigenvalue weighted by Crippen LogP contribution is -2.07. The monoisotopic (exact) mass is 360 g/mol.